The van der Waals surface area contributed by atoms with E-state index in [0.29, 0.717) is 13.0 Å². The predicted octanol–water partition coefficient (Wildman–Crippen LogP) is 2.42. The summed E-state index contributed by atoms with van der Waals surface area (Å²) in [7, 11) is 0. The van der Waals surface area contributed by atoms with E-state index in [1.165, 1.54) is 13.0 Å². The molecule has 0 amide bonds. The highest BCUT2D eigenvalue weighted by Gasteiger charge is 2.20. The van der Waals surface area contributed by atoms with E-state index in [9.17, 15) is 14.7 Å². The van der Waals surface area contributed by atoms with E-state index < -0.39 is 12.1 Å². The van der Waals surface area contributed by atoms with Crippen LogP contribution in [0, 0.1) is 5.92 Å². The second-order valence-corrected chi connectivity index (χ2v) is 4.29. The van der Waals surface area contributed by atoms with Gasteiger partial charge in [0.05, 0.1) is 6.61 Å². The lowest BCUT2D eigenvalue weighted by molar-refractivity contribution is -0.137. The van der Waals surface area contributed by atoms with Gasteiger partial charge in [0.1, 0.15) is 6.10 Å². The number of aliphatic hydroxyl groups excluding tert-OH is 1. The highest BCUT2D eigenvalue weighted by Crippen LogP contribution is 2.15. The number of rotatable bonds is 9. The molecule has 1 N–H and O–H groups in total. The zero-order valence-electron chi connectivity index (χ0n) is 12.0. The van der Waals surface area contributed by atoms with Gasteiger partial charge in [0.15, 0.2) is 5.78 Å². The summed E-state index contributed by atoms with van der Waals surface area (Å²) in [5, 5.41) is 9.81. The number of ketones is 1. The van der Waals surface area contributed by atoms with Crippen LogP contribution in [-0.4, -0.2) is 29.6 Å². The standard InChI is InChI=1S/C15H24O4/c1-4-6-7-8-9-13(15(18)12(3)16)10-11-14(17)19-5-2/h6-7,10-11,13,15,18H,4-5,8-9H2,1-3H3/b7-6-,11-10+/t13-,15+/m1/s1. The van der Waals surface area contributed by atoms with Crippen LogP contribution >= 0.6 is 0 Å². The Morgan fingerprint density at radius 1 is 1.26 bits per heavy atom. The molecule has 0 rings (SSSR count). The maximum atomic E-state index is 11.2. The minimum Gasteiger partial charge on any atom is -0.463 e. The Balaban J connectivity index is 4.53. The fraction of sp³-hybridized carbons (Fsp3) is 0.600. The van der Waals surface area contributed by atoms with Gasteiger partial charge in [0.2, 0.25) is 0 Å². The quantitative estimate of drug-likeness (QED) is 0.396. The van der Waals surface area contributed by atoms with Crippen molar-refractivity contribution in [2.75, 3.05) is 6.61 Å². The molecule has 4 nitrogen and oxygen atoms in total. The van der Waals surface area contributed by atoms with Crippen LogP contribution in [-0.2, 0) is 14.3 Å². The maximum absolute atomic E-state index is 11.2. The van der Waals surface area contributed by atoms with E-state index in [1.54, 1.807) is 13.0 Å². The topological polar surface area (TPSA) is 63.6 Å². The van der Waals surface area contributed by atoms with Gasteiger partial charge < -0.3 is 9.84 Å². The van der Waals surface area contributed by atoms with Crippen molar-refractivity contribution in [3.05, 3.63) is 24.3 Å². The zero-order chi connectivity index (χ0) is 14.7. The number of hydrogen-bond acceptors (Lipinski definition) is 4. The third-order valence-electron chi connectivity index (χ3n) is 2.66. The van der Waals surface area contributed by atoms with Crippen molar-refractivity contribution in [3.8, 4) is 0 Å². The molecule has 0 aromatic carbocycles. The van der Waals surface area contributed by atoms with E-state index in [-0.39, 0.29) is 11.7 Å². The van der Waals surface area contributed by atoms with E-state index in [0.717, 1.165) is 12.8 Å². The Bertz CT molecular complexity index is 331. The molecule has 0 aliphatic heterocycles. The van der Waals surface area contributed by atoms with Crippen LogP contribution in [0.4, 0.5) is 0 Å². The number of allylic oxidation sites excluding steroid dienone is 2. The van der Waals surface area contributed by atoms with Gasteiger partial charge in [-0.05, 0) is 33.1 Å². The van der Waals surface area contributed by atoms with Gasteiger partial charge in [-0.2, -0.15) is 0 Å². The van der Waals surface area contributed by atoms with Crippen LogP contribution in [0.2, 0.25) is 0 Å². The fourth-order valence-corrected chi connectivity index (χ4v) is 1.63. The van der Waals surface area contributed by atoms with Gasteiger partial charge in [0.25, 0.3) is 0 Å². The Kier molecular flexibility index (Phi) is 9.71. The summed E-state index contributed by atoms with van der Waals surface area (Å²) in [6, 6.07) is 0. The highest BCUT2D eigenvalue weighted by molar-refractivity contribution is 5.83. The number of carbonyl (C=O) groups excluding carboxylic acids is 2. The van der Waals surface area contributed by atoms with Crippen molar-refractivity contribution >= 4 is 11.8 Å². The van der Waals surface area contributed by atoms with E-state index in [2.05, 4.69) is 0 Å². The van der Waals surface area contributed by atoms with Crippen molar-refractivity contribution in [2.45, 2.75) is 46.1 Å². The van der Waals surface area contributed by atoms with Gasteiger partial charge in [-0.3, -0.25) is 4.79 Å². The number of ether oxygens (including phenoxy) is 1. The minimum atomic E-state index is -1.07. The Morgan fingerprint density at radius 2 is 1.95 bits per heavy atom. The largest absolute Gasteiger partial charge is 0.463 e. The minimum absolute atomic E-state index is 0.294. The van der Waals surface area contributed by atoms with Crippen LogP contribution in [0.3, 0.4) is 0 Å². The maximum Gasteiger partial charge on any atom is 0.330 e. The lowest BCUT2D eigenvalue weighted by atomic mass is 9.93. The van der Waals surface area contributed by atoms with Gasteiger partial charge in [-0.15, -0.1) is 0 Å². The van der Waals surface area contributed by atoms with E-state index >= 15 is 0 Å². The number of esters is 1. The average Bonchev–Trinajstić information content (AvgIpc) is 2.37. The molecule has 0 aromatic rings. The van der Waals surface area contributed by atoms with Crippen molar-refractivity contribution < 1.29 is 19.4 Å². The Hall–Kier alpha value is -1.42. The van der Waals surface area contributed by atoms with Crippen molar-refractivity contribution in [2.24, 2.45) is 5.92 Å². The average molecular weight is 268 g/mol. The predicted molar refractivity (Wildman–Crippen MR) is 74.6 cm³/mol. The fourth-order valence-electron chi connectivity index (χ4n) is 1.63. The molecule has 0 radical (unpaired) electrons. The summed E-state index contributed by atoms with van der Waals surface area (Å²) in [5.41, 5.74) is 0. The highest BCUT2D eigenvalue weighted by atomic mass is 16.5. The molecule has 4 heteroatoms. The van der Waals surface area contributed by atoms with Gasteiger partial charge >= 0.3 is 5.97 Å². The molecule has 0 saturated heterocycles. The summed E-state index contributed by atoms with van der Waals surface area (Å²) in [4.78, 5) is 22.5. The Labute approximate surface area is 115 Å². The number of aliphatic hydroxyl groups is 1. The van der Waals surface area contributed by atoms with Gasteiger partial charge in [-0.1, -0.05) is 25.2 Å². The van der Waals surface area contributed by atoms with Crippen LogP contribution in [0.1, 0.15) is 40.0 Å². The molecule has 0 aromatic heterocycles. The molecule has 0 saturated carbocycles. The molecule has 0 aliphatic carbocycles. The third kappa shape index (κ3) is 8.32. The van der Waals surface area contributed by atoms with E-state index in [4.69, 9.17) is 4.74 Å². The summed E-state index contributed by atoms with van der Waals surface area (Å²) in [6.45, 7) is 5.42. The van der Waals surface area contributed by atoms with Crippen molar-refractivity contribution in [3.63, 3.8) is 0 Å². The normalized spacial score (nSPS) is 14.7. The van der Waals surface area contributed by atoms with Gasteiger partial charge in [-0.25, -0.2) is 4.79 Å². The molecule has 0 heterocycles. The summed E-state index contributed by atoms with van der Waals surface area (Å²) in [6.07, 6.45) is 8.15. The molecule has 2 atom stereocenters. The zero-order valence-corrected chi connectivity index (χ0v) is 12.0. The first kappa shape index (κ1) is 17.6. The lowest BCUT2D eigenvalue weighted by Crippen LogP contribution is -2.26. The van der Waals surface area contributed by atoms with Crippen LogP contribution in [0.5, 0.6) is 0 Å². The van der Waals surface area contributed by atoms with Crippen molar-refractivity contribution in [1.29, 1.82) is 0 Å². The molecule has 0 unspecified atom stereocenters. The number of Topliss-reactive ketones (excluding diaryl/α,β-unsaturated/α-hetero) is 1. The monoisotopic (exact) mass is 268 g/mol. The number of hydrogen-bond donors (Lipinski definition) is 1. The first-order chi connectivity index (χ1) is 9.02. The first-order valence-electron chi connectivity index (χ1n) is 6.71. The van der Waals surface area contributed by atoms with Crippen LogP contribution in [0.15, 0.2) is 24.3 Å². The van der Waals surface area contributed by atoms with Crippen LogP contribution in [0.25, 0.3) is 0 Å². The smallest absolute Gasteiger partial charge is 0.330 e. The summed E-state index contributed by atoms with van der Waals surface area (Å²) < 4.78 is 4.77. The molecule has 0 bridgehead atoms. The second kappa shape index (κ2) is 10.5. The Morgan fingerprint density at radius 3 is 2.47 bits per heavy atom. The van der Waals surface area contributed by atoms with Gasteiger partial charge in [0, 0.05) is 12.0 Å². The van der Waals surface area contributed by atoms with Crippen molar-refractivity contribution in [1.82, 2.24) is 0 Å². The molecule has 0 spiro atoms. The number of carbonyl (C=O) groups is 2. The van der Waals surface area contributed by atoms with E-state index in [1.807, 2.05) is 19.1 Å². The first-order valence-corrected chi connectivity index (χ1v) is 6.71. The summed E-state index contributed by atoms with van der Waals surface area (Å²) in [5.74, 6) is -1.10. The SMILES string of the molecule is CC/C=C\CC[C@H](/C=C/C(=O)OCC)[C@@H](O)C(C)=O. The molecule has 0 aliphatic rings. The molecule has 19 heavy (non-hydrogen) atoms. The second-order valence-electron chi connectivity index (χ2n) is 4.29. The molecular weight excluding hydrogens is 244 g/mol. The lowest BCUT2D eigenvalue weighted by Gasteiger charge is -2.16. The summed E-state index contributed by atoms with van der Waals surface area (Å²) >= 11 is 0. The molecule has 108 valence electrons. The molecular formula is C15H24O4. The molecule has 0 fully saturated rings. The van der Waals surface area contributed by atoms with Crippen LogP contribution < -0.4 is 0 Å². The third-order valence-corrected chi connectivity index (χ3v) is 2.66.